The van der Waals surface area contributed by atoms with E-state index in [2.05, 4.69) is 15.3 Å². The molecule has 1 aromatic heterocycles. The molecule has 2 rings (SSSR count). The number of aliphatic carboxylic acids is 1. The van der Waals surface area contributed by atoms with Crippen molar-refractivity contribution in [1.29, 1.82) is 0 Å². The van der Waals surface area contributed by atoms with Gasteiger partial charge in [-0.3, -0.25) is 0 Å². The van der Waals surface area contributed by atoms with E-state index < -0.39 is 12.0 Å². The van der Waals surface area contributed by atoms with Gasteiger partial charge >= 0.3 is 5.97 Å². The van der Waals surface area contributed by atoms with Gasteiger partial charge in [-0.2, -0.15) is 0 Å². The molecule has 1 unspecified atom stereocenters. The highest BCUT2D eigenvalue weighted by Gasteiger charge is 2.29. The maximum atomic E-state index is 11.1. The summed E-state index contributed by atoms with van der Waals surface area (Å²) in [6, 6.07) is 1.05. The molecule has 0 spiro atoms. The minimum absolute atomic E-state index is 0.125. The molecule has 2 heterocycles. The zero-order valence-corrected chi connectivity index (χ0v) is 9.18. The topological polar surface area (TPSA) is 78.4 Å². The fraction of sp³-hybridized carbons (Fsp3) is 0.444. The Morgan fingerprint density at radius 3 is 3.19 bits per heavy atom. The van der Waals surface area contributed by atoms with Crippen LogP contribution >= 0.6 is 11.6 Å². The molecule has 0 radical (unpaired) electrons. The molecule has 6 nitrogen and oxygen atoms in total. The molecule has 1 aliphatic heterocycles. The molecule has 0 bridgehead atoms. The molecule has 7 heteroatoms. The van der Waals surface area contributed by atoms with Crippen molar-refractivity contribution in [3.05, 3.63) is 17.5 Å². The van der Waals surface area contributed by atoms with Crippen molar-refractivity contribution in [3.63, 3.8) is 0 Å². The SMILES string of the molecule is O=C(O)C1CNCCN1c1ccnc(Cl)n1. The number of halogens is 1. The summed E-state index contributed by atoms with van der Waals surface area (Å²) in [7, 11) is 0. The van der Waals surface area contributed by atoms with E-state index in [9.17, 15) is 4.79 Å². The normalized spacial score (nSPS) is 20.8. The number of carboxylic acids is 1. The molecule has 0 aromatic carbocycles. The van der Waals surface area contributed by atoms with Gasteiger partial charge in [0.05, 0.1) is 0 Å². The van der Waals surface area contributed by atoms with Crippen LogP contribution in [0.25, 0.3) is 0 Å². The number of aromatic nitrogens is 2. The molecule has 86 valence electrons. The first-order valence-corrected chi connectivity index (χ1v) is 5.25. The maximum Gasteiger partial charge on any atom is 0.327 e. The van der Waals surface area contributed by atoms with Crippen molar-refractivity contribution in [2.45, 2.75) is 6.04 Å². The van der Waals surface area contributed by atoms with Crippen molar-refractivity contribution in [2.75, 3.05) is 24.5 Å². The van der Waals surface area contributed by atoms with E-state index in [0.29, 0.717) is 18.9 Å². The molecule has 1 fully saturated rings. The first-order valence-electron chi connectivity index (χ1n) is 4.87. The van der Waals surface area contributed by atoms with Crippen LogP contribution in [0.4, 0.5) is 5.82 Å². The minimum atomic E-state index is -0.873. The van der Waals surface area contributed by atoms with Crippen LogP contribution in [0.3, 0.4) is 0 Å². The predicted molar refractivity (Wildman–Crippen MR) is 58.7 cm³/mol. The molecular formula is C9H11ClN4O2. The third kappa shape index (κ3) is 2.23. The summed E-state index contributed by atoms with van der Waals surface area (Å²) < 4.78 is 0. The second kappa shape index (κ2) is 4.63. The maximum absolute atomic E-state index is 11.1. The molecule has 2 N–H and O–H groups in total. The third-order valence-corrected chi connectivity index (χ3v) is 2.62. The quantitative estimate of drug-likeness (QED) is 0.711. The second-order valence-corrected chi connectivity index (χ2v) is 3.77. The van der Waals surface area contributed by atoms with Gasteiger partial charge in [0.25, 0.3) is 0 Å². The average Bonchev–Trinajstić information content (AvgIpc) is 2.29. The number of anilines is 1. The molecule has 0 aliphatic carbocycles. The molecule has 16 heavy (non-hydrogen) atoms. The van der Waals surface area contributed by atoms with Crippen molar-refractivity contribution < 1.29 is 9.90 Å². The Hall–Kier alpha value is -1.40. The van der Waals surface area contributed by atoms with Crippen LogP contribution < -0.4 is 10.2 Å². The summed E-state index contributed by atoms with van der Waals surface area (Å²) in [6.45, 7) is 1.71. The minimum Gasteiger partial charge on any atom is -0.480 e. The van der Waals surface area contributed by atoms with Gasteiger partial charge in [0.15, 0.2) is 0 Å². The van der Waals surface area contributed by atoms with Crippen LogP contribution in [-0.4, -0.2) is 46.7 Å². The van der Waals surface area contributed by atoms with E-state index in [1.54, 1.807) is 11.0 Å². The van der Waals surface area contributed by atoms with Crippen molar-refractivity contribution in [2.24, 2.45) is 0 Å². The summed E-state index contributed by atoms with van der Waals surface area (Å²) in [5.41, 5.74) is 0. The molecular weight excluding hydrogens is 232 g/mol. The van der Waals surface area contributed by atoms with Crippen molar-refractivity contribution in [3.8, 4) is 0 Å². The van der Waals surface area contributed by atoms with Gasteiger partial charge < -0.3 is 15.3 Å². The lowest BCUT2D eigenvalue weighted by Crippen LogP contribution is -2.55. The van der Waals surface area contributed by atoms with Crippen LogP contribution in [0.5, 0.6) is 0 Å². The van der Waals surface area contributed by atoms with Crippen molar-refractivity contribution in [1.82, 2.24) is 15.3 Å². The summed E-state index contributed by atoms with van der Waals surface area (Å²) in [6.07, 6.45) is 1.52. The molecule has 1 aliphatic rings. The van der Waals surface area contributed by atoms with E-state index in [4.69, 9.17) is 16.7 Å². The zero-order valence-electron chi connectivity index (χ0n) is 8.43. The van der Waals surface area contributed by atoms with Gasteiger partial charge in [0.1, 0.15) is 11.9 Å². The van der Waals surface area contributed by atoms with Gasteiger partial charge in [-0.15, -0.1) is 0 Å². The van der Waals surface area contributed by atoms with E-state index >= 15 is 0 Å². The number of nitrogens with one attached hydrogen (secondary N) is 1. The standard InChI is InChI=1S/C9H11ClN4O2/c10-9-12-2-1-7(13-9)14-4-3-11-5-6(14)8(15)16/h1-2,6,11H,3-5H2,(H,15,16). The number of rotatable bonds is 2. The zero-order chi connectivity index (χ0) is 11.5. The fourth-order valence-electron chi connectivity index (χ4n) is 1.69. The predicted octanol–water partition coefficient (Wildman–Crippen LogP) is -0.00720. The monoisotopic (exact) mass is 242 g/mol. The summed E-state index contributed by atoms with van der Waals surface area (Å²) >= 11 is 5.68. The highest BCUT2D eigenvalue weighted by atomic mass is 35.5. The van der Waals surface area contributed by atoms with E-state index in [1.807, 2.05) is 0 Å². The Kier molecular flexibility index (Phi) is 3.21. The van der Waals surface area contributed by atoms with Crippen LogP contribution in [0.15, 0.2) is 12.3 Å². The van der Waals surface area contributed by atoms with Crippen LogP contribution in [0.2, 0.25) is 5.28 Å². The van der Waals surface area contributed by atoms with E-state index in [-0.39, 0.29) is 5.28 Å². The number of hydrogen-bond donors (Lipinski definition) is 2. The first kappa shape index (κ1) is 11.1. The van der Waals surface area contributed by atoms with Gasteiger partial charge in [-0.1, -0.05) is 0 Å². The van der Waals surface area contributed by atoms with Gasteiger partial charge in [0.2, 0.25) is 5.28 Å². The van der Waals surface area contributed by atoms with Gasteiger partial charge in [-0.05, 0) is 17.7 Å². The van der Waals surface area contributed by atoms with Crippen LogP contribution in [0, 0.1) is 0 Å². The Morgan fingerprint density at radius 2 is 2.50 bits per heavy atom. The fourth-order valence-corrected chi connectivity index (χ4v) is 1.83. The highest BCUT2D eigenvalue weighted by Crippen LogP contribution is 2.16. The van der Waals surface area contributed by atoms with E-state index in [1.165, 1.54) is 6.20 Å². The largest absolute Gasteiger partial charge is 0.480 e. The number of piperazine rings is 1. The number of carbonyl (C=O) groups is 1. The van der Waals surface area contributed by atoms with Crippen molar-refractivity contribution >= 4 is 23.4 Å². The van der Waals surface area contributed by atoms with Gasteiger partial charge in [0, 0.05) is 25.8 Å². The van der Waals surface area contributed by atoms with E-state index in [0.717, 1.165) is 6.54 Å². The lowest BCUT2D eigenvalue weighted by Gasteiger charge is -2.34. The highest BCUT2D eigenvalue weighted by molar-refractivity contribution is 6.28. The Balaban J connectivity index is 2.26. The molecule has 0 amide bonds. The summed E-state index contributed by atoms with van der Waals surface area (Å²) in [5, 5.41) is 12.2. The molecule has 1 saturated heterocycles. The van der Waals surface area contributed by atoms with Crippen LogP contribution in [0.1, 0.15) is 0 Å². The Labute approximate surface area is 97.3 Å². The number of nitrogens with zero attached hydrogens (tertiary/aromatic N) is 3. The first-order chi connectivity index (χ1) is 7.68. The van der Waals surface area contributed by atoms with Crippen LogP contribution in [-0.2, 0) is 4.79 Å². The molecule has 1 aromatic rings. The summed E-state index contributed by atoms with van der Waals surface area (Å²) in [5.74, 6) is -0.323. The average molecular weight is 243 g/mol. The lowest BCUT2D eigenvalue weighted by molar-refractivity contribution is -0.138. The summed E-state index contributed by atoms with van der Waals surface area (Å²) in [4.78, 5) is 20.6. The van der Waals surface area contributed by atoms with Gasteiger partial charge in [-0.25, -0.2) is 14.8 Å². The number of carboxylic acid groups (broad SMARTS) is 1. The number of hydrogen-bond acceptors (Lipinski definition) is 5. The second-order valence-electron chi connectivity index (χ2n) is 3.44. The third-order valence-electron chi connectivity index (χ3n) is 2.43. The molecule has 1 atom stereocenters. The Bertz CT molecular complexity index is 401. The molecule has 0 saturated carbocycles. The smallest absolute Gasteiger partial charge is 0.327 e. The lowest BCUT2D eigenvalue weighted by atomic mass is 10.2. The Morgan fingerprint density at radius 1 is 1.69 bits per heavy atom.